The molecule has 9 heteroatoms. The van der Waals surface area contributed by atoms with Gasteiger partial charge in [0.15, 0.2) is 0 Å². The summed E-state index contributed by atoms with van der Waals surface area (Å²) in [7, 11) is 1.80. The highest BCUT2D eigenvalue weighted by Gasteiger charge is 2.22. The van der Waals surface area contributed by atoms with E-state index in [9.17, 15) is 4.79 Å². The predicted molar refractivity (Wildman–Crippen MR) is 110 cm³/mol. The topological polar surface area (TPSA) is 76.8 Å². The van der Waals surface area contributed by atoms with Crippen LogP contribution in [0.4, 0.5) is 0 Å². The summed E-state index contributed by atoms with van der Waals surface area (Å²) in [6, 6.07) is 7.72. The smallest absolute Gasteiger partial charge is 0.254 e. The maximum absolute atomic E-state index is 13.2. The molecular weight excluding hydrogens is 392 g/mol. The summed E-state index contributed by atoms with van der Waals surface area (Å²) in [6.07, 6.45) is 3.28. The molecule has 0 aliphatic rings. The molecule has 4 aromatic rings. The number of rotatable bonds is 5. The molecule has 0 saturated heterocycles. The van der Waals surface area contributed by atoms with Crippen LogP contribution in [0, 0.1) is 6.92 Å². The lowest BCUT2D eigenvalue weighted by Gasteiger charge is -2.23. The summed E-state index contributed by atoms with van der Waals surface area (Å²) in [5.74, 6) is -0.0767. The third kappa shape index (κ3) is 3.58. The molecule has 3 heterocycles. The second-order valence-corrected chi connectivity index (χ2v) is 8.31. The maximum atomic E-state index is 13.2. The number of carbonyl (C=O) groups is 1. The molecule has 7 nitrogen and oxygen atoms in total. The Kier molecular flexibility index (Phi) is 5.01. The van der Waals surface area contributed by atoms with Crippen LogP contribution < -0.4 is 0 Å². The lowest BCUT2D eigenvalue weighted by atomic mass is 10.1. The number of aromatic nitrogens is 5. The maximum Gasteiger partial charge on any atom is 0.254 e. The fourth-order valence-corrected chi connectivity index (χ4v) is 4.48. The molecule has 0 bridgehead atoms. The van der Waals surface area contributed by atoms with Gasteiger partial charge >= 0.3 is 0 Å². The van der Waals surface area contributed by atoms with Crippen LogP contribution in [-0.2, 0) is 0 Å². The number of aryl methyl sites for hydroxylation is 1. The molecule has 4 rings (SSSR count). The molecule has 0 N–H and O–H groups in total. The highest BCUT2D eigenvalue weighted by Crippen LogP contribution is 2.31. The van der Waals surface area contributed by atoms with Crippen LogP contribution in [-0.4, -0.2) is 43.0 Å². The molecule has 1 unspecified atom stereocenters. The number of nitrogens with zero attached hydrogens (tertiary/aromatic N) is 6. The van der Waals surface area contributed by atoms with Crippen molar-refractivity contribution in [1.29, 1.82) is 0 Å². The lowest BCUT2D eigenvalue weighted by molar-refractivity contribution is 0.0742. The number of hydrogen-bond donors (Lipinski definition) is 0. The van der Waals surface area contributed by atoms with E-state index in [0.717, 1.165) is 21.1 Å². The Morgan fingerprint density at radius 2 is 2.07 bits per heavy atom. The quantitative estimate of drug-likeness (QED) is 0.497. The zero-order valence-corrected chi connectivity index (χ0v) is 17.2. The molecule has 1 atom stereocenters. The Labute approximate surface area is 170 Å². The Hall–Kier alpha value is -2.91. The first-order chi connectivity index (χ1) is 13.5. The van der Waals surface area contributed by atoms with E-state index >= 15 is 0 Å². The normalized spacial score (nSPS) is 12.1. The van der Waals surface area contributed by atoms with Crippen molar-refractivity contribution >= 4 is 28.6 Å². The molecule has 3 aromatic heterocycles. The van der Waals surface area contributed by atoms with Crippen molar-refractivity contribution in [2.24, 2.45) is 0 Å². The fraction of sp³-hybridized carbons (Fsp3) is 0.211. The molecule has 0 aliphatic carbocycles. The van der Waals surface area contributed by atoms with Gasteiger partial charge in [-0.05, 0) is 65.0 Å². The third-order valence-electron chi connectivity index (χ3n) is 4.50. The Balaban J connectivity index is 1.75. The summed E-state index contributed by atoms with van der Waals surface area (Å²) >= 11 is 3.19. The summed E-state index contributed by atoms with van der Waals surface area (Å²) in [6.45, 7) is 4.03. The molecule has 0 fully saturated rings. The van der Waals surface area contributed by atoms with Crippen LogP contribution in [0.2, 0.25) is 0 Å². The number of benzene rings is 1. The van der Waals surface area contributed by atoms with Crippen LogP contribution in [0.3, 0.4) is 0 Å². The van der Waals surface area contributed by atoms with Crippen LogP contribution in [0.25, 0.3) is 16.1 Å². The van der Waals surface area contributed by atoms with Crippen LogP contribution in [0.5, 0.6) is 0 Å². The largest absolute Gasteiger partial charge is 0.333 e. The highest BCUT2D eigenvalue weighted by atomic mass is 32.1. The van der Waals surface area contributed by atoms with E-state index in [1.165, 1.54) is 11.9 Å². The molecular formula is C19H18N6OS2. The highest BCUT2D eigenvalue weighted by molar-refractivity contribution is 7.13. The first-order valence-electron chi connectivity index (χ1n) is 8.63. The van der Waals surface area contributed by atoms with E-state index in [-0.39, 0.29) is 11.9 Å². The van der Waals surface area contributed by atoms with Gasteiger partial charge in [-0.2, -0.15) is 0 Å². The minimum absolute atomic E-state index is 0.0767. The van der Waals surface area contributed by atoms with Gasteiger partial charge in [-0.25, -0.2) is 9.67 Å². The average Bonchev–Trinajstić information content (AvgIpc) is 3.48. The second-order valence-electron chi connectivity index (χ2n) is 6.47. The van der Waals surface area contributed by atoms with Gasteiger partial charge in [0.05, 0.1) is 11.7 Å². The first kappa shape index (κ1) is 18.5. The third-order valence-corrected chi connectivity index (χ3v) is 6.55. The van der Waals surface area contributed by atoms with E-state index in [2.05, 4.69) is 38.9 Å². The first-order valence-corrected chi connectivity index (χ1v) is 10.4. The molecule has 1 amide bonds. The van der Waals surface area contributed by atoms with Gasteiger partial charge in [0.2, 0.25) is 0 Å². The molecule has 0 saturated carbocycles. The molecule has 0 spiro atoms. The average molecular weight is 411 g/mol. The van der Waals surface area contributed by atoms with Crippen LogP contribution in [0.1, 0.15) is 33.9 Å². The van der Waals surface area contributed by atoms with Crippen molar-refractivity contribution < 1.29 is 4.79 Å². The number of amides is 1. The van der Waals surface area contributed by atoms with Gasteiger partial charge < -0.3 is 4.90 Å². The number of thiophene rings is 1. The molecule has 1 aromatic carbocycles. The molecule has 142 valence electrons. The zero-order chi connectivity index (χ0) is 19.7. The molecule has 0 radical (unpaired) electrons. The van der Waals surface area contributed by atoms with Crippen molar-refractivity contribution in [2.75, 3.05) is 7.05 Å². The monoisotopic (exact) mass is 410 g/mol. The summed E-state index contributed by atoms with van der Waals surface area (Å²) in [5.41, 5.74) is 3.48. The Morgan fingerprint density at radius 1 is 1.21 bits per heavy atom. The zero-order valence-electron chi connectivity index (χ0n) is 15.6. The van der Waals surface area contributed by atoms with Gasteiger partial charge in [0.1, 0.15) is 11.3 Å². The number of tetrazole rings is 1. The van der Waals surface area contributed by atoms with Gasteiger partial charge in [0.25, 0.3) is 5.91 Å². The summed E-state index contributed by atoms with van der Waals surface area (Å²) < 4.78 is 1.56. The fourth-order valence-electron chi connectivity index (χ4n) is 2.86. The van der Waals surface area contributed by atoms with Crippen LogP contribution in [0.15, 0.2) is 47.5 Å². The Morgan fingerprint density at radius 3 is 2.71 bits per heavy atom. The van der Waals surface area contributed by atoms with Gasteiger partial charge in [-0.3, -0.25) is 4.79 Å². The van der Waals surface area contributed by atoms with E-state index in [1.54, 1.807) is 45.5 Å². The predicted octanol–water partition coefficient (Wildman–Crippen LogP) is 3.99. The van der Waals surface area contributed by atoms with E-state index in [1.807, 2.05) is 30.5 Å². The van der Waals surface area contributed by atoms with Crippen LogP contribution >= 0.6 is 22.7 Å². The van der Waals surface area contributed by atoms with Gasteiger partial charge in [-0.1, -0.05) is 0 Å². The minimum atomic E-state index is -0.114. The van der Waals surface area contributed by atoms with Gasteiger partial charge in [-0.15, -0.1) is 27.8 Å². The van der Waals surface area contributed by atoms with Gasteiger partial charge in [0, 0.05) is 29.1 Å². The van der Waals surface area contributed by atoms with Crippen molar-refractivity contribution in [3.63, 3.8) is 0 Å². The number of carbonyl (C=O) groups excluding carboxylic acids is 1. The summed E-state index contributed by atoms with van der Waals surface area (Å²) in [5, 5.41) is 16.3. The van der Waals surface area contributed by atoms with Crippen molar-refractivity contribution in [3.05, 3.63) is 63.7 Å². The van der Waals surface area contributed by atoms with Crippen molar-refractivity contribution in [2.45, 2.75) is 19.9 Å². The van der Waals surface area contributed by atoms with E-state index in [0.29, 0.717) is 5.56 Å². The Bertz CT molecular complexity index is 1090. The number of thiazole rings is 1. The number of hydrogen-bond acceptors (Lipinski definition) is 7. The molecule has 0 aliphatic heterocycles. The lowest BCUT2D eigenvalue weighted by Crippen LogP contribution is -2.29. The standard InChI is InChI=1S/C19H18N6OS2/c1-12-6-17(28-10-12)14-7-15(9-16(8-14)25-11-21-22-23-25)19(26)24(3)13(2)18-20-4-5-27-18/h4-11,13H,1-3H3. The van der Waals surface area contributed by atoms with E-state index < -0.39 is 0 Å². The van der Waals surface area contributed by atoms with Crippen molar-refractivity contribution in [3.8, 4) is 16.1 Å². The second kappa shape index (κ2) is 7.61. The minimum Gasteiger partial charge on any atom is -0.333 e. The molecule has 28 heavy (non-hydrogen) atoms. The SMILES string of the molecule is Cc1csc(-c2cc(C(=O)N(C)C(C)c3nccs3)cc(-n3cnnn3)c2)c1. The van der Waals surface area contributed by atoms with Crippen molar-refractivity contribution in [1.82, 2.24) is 30.1 Å². The van der Waals surface area contributed by atoms with E-state index in [4.69, 9.17) is 0 Å². The summed E-state index contributed by atoms with van der Waals surface area (Å²) in [4.78, 5) is 20.4.